The topological polar surface area (TPSA) is 64.4 Å². The van der Waals surface area contributed by atoms with Gasteiger partial charge in [-0.3, -0.25) is 4.79 Å². The Hall–Kier alpha value is -0.520. The summed E-state index contributed by atoms with van der Waals surface area (Å²) in [6.45, 7) is 0.663. The largest absolute Gasteiger partial charge is 0.379 e. The van der Waals surface area contributed by atoms with Gasteiger partial charge in [0.25, 0.3) is 0 Å². The van der Waals surface area contributed by atoms with Gasteiger partial charge in [-0.1, -0.05) is 34.8 Å². The summed E-state index contributed by atoms with van der Waals surface area (Å²) in [5.74, 6) is -0.347. The van der Waals surface area contributed by atoms with Gasteiger partial charge in [0.1, 0.15) is 5.54 Å². The number of nitrogens with one attached hydrogen (secondary N) is 1. The van der Waals surface area contributed by atoms with Crippen molar-refractivity contribution in [2.75, 3.05) is 18.5 Å². The smallest absolute Gasteiger partial charge is 0.246 e. The van der Waals surface area contributed by atoms with E-state index in [0.717, 1.165) is 0 Å². The van der Waals surface area contributed by atoms with Crippen LogP contribution in [0.4, 0.5) is 5.69 Å². The lowest BCUT2D eigenvalue weighted by Crippen LogP contribution is -2.51. The van der Waals surface area contributed by atoms with E-state index in [-0.39, 0.29) is 12.5 Å². The molecule has 1 unspecified atom stereocenters. The normalized spacial score (nSPS) is 23.1. The number of anilines is 1. The minimum Gasteiger partial charge on any atom is -0.379 e. The first-order valence-corrected chi connectivity index (χ1v) is 6.38. The molecule has 0 saturated carbocycles. The molecule has 98 valence electrons. The van der Waals surface area contributed by atoms with Crippen molar-refractivity contribution in [3.8, 4) is 0 Å². The van der Waals surface area contributed by atoms with E-state index >= 15 is 0 Å². The number of halogens is 3. The van der Waals surface area contributed by atoms with Crippen molar-refractivity contribution in [3.63, 3.8) is 0 Å². The molecule has 4 nitrogen and oxygen atoms in total. The Kier molecular flexibility index (Phi) is 4.04. The van der Waals surface area contributed by atoms with Crippen LogP contribution < -0.4 is 11.1 Å². The minimum absolute atomic E-state index is 0.192. The van der Waals surface area contributed by atoms with Crippen LogP contribution in [0.3, 0.4) is 0 Å². The van der Waals surface area contributed by atoms with E-state index in [1.807, 2.05) is 0 Å². The first-order valence-electron chi connectivity index (χ1n) is 5.25. The van der Waals surface area contributed by atoms with Gasteiger partial charge in [-0.05, 0) is 18.6 Å². The molecule has 3 N–H and O–H groups in total. The Morgan fingerprint density at radius 3 is 2.56 bits per heavy atom. The molecule has 1 aliphatic rings. The Bertz CT molecular complexity index is 487. The van der Waals surface area contributed by atoms with Crippen LogP contribution in [0, 0.1) is 0 Å². The van der Waals surface area contributed by atoms with Gasteiger partial charge in [-0.25, -0.2) is 0 Å². The van der Waals surface area contributed by atoms with Crippen molar-refractivity contribution in [1.82, 2.24) is 0 Å². The predicted octanol–water partition coefficient (Wildman–Crippen LogP) is 2.70. The second-order valence-corrected chi connectivity index (χ2v) is 5.38. The lowest BCUT2D eigenvalue weighted by atomic mass is 9.99. The van der Waals surface area contributed by atoms with Crippen LogP contribution in [-0.4, -0.2) is 24.7 Å². The summed E-state index contributed by atoms with van der Waals surface area (Å²) >= 11 is 17.6. The molecule has 1 amide bonds. The van der Waals surface area contributed by atoms with Crippen LogP contribution in [0.1, 0.15) is 6.42 Å². The van der Waals surface area contributed by atoms with E-state index in [2.05, 4.69) is 5.32 Å². The third-order valence-electron chi connectivity index (χ3n) is 2.76. The summed E-state index contributed by atoms with van der Waals surface area (Å²) in [6, 6.07) is 2.96. The van der Waals surface area contributed by atoms with Crippen LogP contribution in [0.2, 0.25) is 15.1 Å². The molecular formula is C11H11Cl3N2O2. The Labute approximate surface area is 119 Å². The highest BCUT2D eigenvalue weighted by Crippen LogP contribution is 2.32. The van der Waals surface area contributed by atoms with E-state index in [9.17, 15) is 4.79 Å². The first-order chi connectivity index (χ1) is 8.42. The summed E-state index contributed by atoms with van der Waals surface area (Å²) in [4.78, 5) is 12.0. The summed E-state index contributed by atoms with van der Waals surface area (Å²) in [7, 11) is 0. The predicted molar refractivity (Wildman–Crippen MR) is 72.5 cm³/mol. The summed E-state index contributed by atoms with van der Waals surface area (Å²) < 4.78 is 5.13. The lowest BCUT2D eigenvalue weighted by molar-refractivity contribution is -0.121. The second kappa shape index (κ2) is 5.23. The van der Waals surface area contributed by atoms with E-state index in [1.165, 1.54) is 12.1 Å². The summed E-state index contributed by atoms with van der Waals surface area (Å²) in [5, 5.41) is 3.58. The van der Waals surface area contributed by atoms with Gasteiger partial charge in [0.2, 0.25) is 5.91 Å². The molecule has 1 heterocycles. The average molecular weight is 310 g/mol. The van der Waals surface area contributed by atoms with Gasteiger partial charge in [0, 0.05) is 6.61 Å². The first kappa shape index (κ1) is 13.9. The molecule has 1 aliphatic heterocycles. The van der Waals surface area contributed by atoms with Crippen LogP contribution in [0.15, 0.2) is 12.1 Å². The maximum Gasteiger partial charge on any atom is 0.246 e. The quantitative estimate of drug-likeness (QED) is 0.826. The fraction of sp³-hybridized carbons (Fsp3) is 0.364. The van der Waals surface area contributed by atoms with Crippen molar-refractivity contribution in [3.05, 3.63) is 27.2 Å². The third-order valence-corrected chi connectivity index (χ3v) is 3.80. The Morgan fingerprint density at radius 2 is 1.94 bits per heavy atom. The molecule has 1 aromatic carbocycles. The second-order valence-electron chi connectivity index (χ2n) is 4.16. The van der Waals surface area contributed by atoms with Crippen molar-refractivity contribution in [2.45, 2.75) is 12.0 Å². The fourth-order valence-electron chi connectivity index (χ4n) is 1.62. The van der Waals surface area contributed by atoms with E-state index < -0.39 is 5.54 Å². The molecule has 1 saturated heterocycles. The molecule has 18 heavy (non-hydrogen) atoms. The molecule has 0 spiro atoms. The zero-order valence-electron chi connectivity index (χ0n) is 9.30. The Balaban J connectivity index is 2.19. The molecule has 2 rings (SSSR count). The molecule has 0 aromatic heterocycles. The van der Waals surface area contributed by atoms with E-state index in [1.54, 1.807) is 0 Å². The third kappa shape index (κ3) is 2.73. The van der Waals surface area contributed by atoms with Crippen molar-refractivity contribution < 1.29 is 9.53 Å². The summed E-state index contributed by atoms with van der Waals surface area (Å²) in [6.07, 6.45) is 0.470. The van der Waals surface area contributed by atoms with Crippen molar-refractivity contribution in [1.29, 1.82) is 0 Å². The number of carbonyl (C=O) groups excluding carboxylic acids is 1. The fourth-order valence-corrected chi connectivity index (χ4v) is 2.22. The number of carbonyl (C=O) groups is 1. The molecule has 0 aliphatic carbocycles. The zero-order valence-corrected chi connectivity index (χ0v) is 11.6. The van der Waals surface area contributed by atoms with Gasteiger partial charge >= 0.3 is 0 Å². The minimum atomic E-state index is -1.02. The maximum absolute atomic E-state index is 12.0. The van der Waals surface area contributed by atoms with Gasteiger partial charge < -0.3 is 15.8 Å². The number of nitrogens with two attached hydrogens (primary N) is 1. The highest BCUT2D eigenvalue weighted by molar-refractivity contribution is 6.44. The monoisotopic (exact) mass is 308 g/mol. The zero-order chi connectivity index (χ0) is 13.3. The van der Waals surface area contributed by atoms with Gasteiger partial charge in [-0.2, -0.15) is 0 Å². The summed E-state index contributed by atoms with van der Waals surface area (Å²) in [5.41, 5.74) is 5.29. The SMILES string of the molecule is NC1(C(=O)Nc2cc(Cl)c(Cl)cc2Cl)CCOC1. The van der Waals surface area contributed by atoms with Crippen LogP contribution in [0.5, 0.6) is 0 Å². The molecule has 1 atom stereocenters. The van der Waals surface area contributed by atoms with Crippen molar-refractivity contribution in [2.24, 2.45) is 5.73 Å². The van der Waals surface area contributed by atoms with Crippen molar-refractivity contribution >= 4 is 46.4 Å². The van der Waals surface area contributed by atoms with Crippen LogP contribution in [0.25, 0.3) is 0 Å². The maximum atomic E-state index is 12.0. The van der Waals surface area contributed by atoms with E-state index in [0.29, 0.717) is 33.8 Å². The highest BCUT2D eigenvalue weighted by Gasteiger charge is 2.38. The number of hydrogen-bond acceptors (Lipinski definition) is 3. The number of benzene rings is 1. The molecule has 7 heteroatoms. The highest BCUT2D eigenvalue weighted by atomic mass is 35.5. The number of amides is 1. The molecule has 1 aromatic rings. The van der Waals surface area contributed by atoms with Crippen LogP contribution >= 0.6 is 34.8 Å². The van der Waals surface area contributed by atoms with Crippen LogP contribution in [-0.2, 0) is 9.53 Å². The lowest BCUT2D eigenvalue weighted by Gasteiger charge is -2.21. The number of rotatable bonds is 2. The molecule has 0 bridgehead atoms. The molecule has 1 fully saturated rings. The molecular weight excluding hydrogens is 298 g/mol. The number of hydrogen-bond donors (Lipinski definition) is 2. The molecule has 0 radical (unpaired) electrons. The standard InChI is InChI=1S/C11H11Cl3N2O2/c12-6-3-8(14)9(4-7(6)13)16-10(17)11(15)1-2-18-5-11/h3-4H,1-2,5,15H2,(H,16,17). The number of ether oxygens (including phenoxy) is 1. The van der Waals surface area contributed by atoms with E-state index in [4.69, 9.17) is 45.3 Å². The Morgan fingerprint density at radius 1 is 1.28 bits per heavy atom. The van der Waals surface area contributed by atoms with Gasteiger partial charge in [-0.15, -0.1) is 0 Å². The van der Waals surface area contributed by atoms with Gasteiger partial charge in [0.15, 0.2) is 0 Å². The van der Waals surface area contributed by atoms with Gasteiger partial charge in [0.05, 0.1) is 27.4 Å². The average Bonchev–Trinajstić information content (AvgIpc) is 2.74.